The number of nitrogens with one attached hydrogen (secondary N) is 1. The number of nitrogens with zero attached hydrogens (tertiary/aromatic N) is 3. The Kier molecular flexibility index (Phi) is 5.74. The van der Waals surface area contributed by atoms with Crippen LogP contribution in [0.5, 0.6) is 0 Å². The molecule has 0 spiro atoms. The first-order valence-corrected chi connectivity index (χ1v) is 10.3. The molecule has 2 atom stereocenters. The van der Waals surface area contributed by atoms with Crippen LogP contribution in [0.25, 0.3) is 0 Å². The van der Waals surface area contributed by atoms with E-state index in [4.69, 9.17) is 17.0 Å². The monoisotopic (exact) mass is 384 g/mol. The first-order valence-electron chi connectivity index (χ1n) is 9.93. The van der Waals surface area contributed by atoms with E-state index >= 15 is 0 Å². The van der Waals surface area contributed by atoms with Gasteiger partial charge in [0, 0.05) is 37.8 Å². The number of aromatic nitrogens is 2. The number of ether oxygens (including phenoxy) is 1. The van der Waals surface area contributed by atoms with Crippen molar-refractivity contribution >= 4 is 17.3 Å². The molecule has 2 aliphatic rings. The molecule has 2 fully saturated rings. The van der Waals surface area contributed by atoms with E-state index in [9.17, 15) is 0 Å². The molecule has 144 valence electrons. The molecule has 0 unspecified atom stereocenters. The molecule has 0 bridgehead atoms. The quantitative estimate of drug-likeness (QED) is 0.763. The van der Waals surface area contributed by atoms with Crippen LogP contribution < -0.4 is 5.32 Å². The molecule has 0 radical (unpaired) electrons. The van der Waals surface area contributed by atoms with Crippen LogP contribution in [0.3, 0.4) is 0 Å². The minimum Gasteiger partial charge on any atom is -0.383 e. The summed E-state index contributed by atoms with van der Waals surface area (Å²) in [5.41, 5.74) is 2.35. The lowest BCUT2D eigenvalue weighted by Gasteiger charge is -2.32. The van der Waals surface area contributed by atoms with Gasteiger partial charge in [0.25, 0.3) is 0 Å². The Morgan fingerprint density at radius 3 is 2.78 bits per heavy atom. The third kappa shape index (κ3) is 3.73. The molecule has 6 heteroatoms. The zero-order chi connectivity index (χ0) is 18.6. The van der Waals surface area contributed by atoms with Gasteiger partial charge in [-0.2, -0.15) is 0 Å². The van der Waals surface area contributed by atoms with Crippen molar-refractivity contribution in [1.29, 1.82) is 0 Å². The van der Waals surface area contributed by atoms with E-state index in [-0.39, 0.29) is 12.1 Å². The van der Waals surface area contributed by atoms with Crippen molar-refractivity contribution in [1.82, 2.24) is 19.8 Å². The molecule has 1 aliphatic heterocycles. The van der Waals surface area contributed by atoms with Gasteiger partial charge in [-0.25, -0.2) is 0 Å². The Morgan fingerprint density at radius 2 is 2.04 bits per heavy atom. The first kappa shape index (κ1) is 18.4. The van der Waals surface area contributed by atoms with Crippen molar-refractivity contribution < 1.29 is 4.74 Å². The fourth-order valence-electron chi connectivity index (χ4n) is 4.51. The molecule has 1 N–H and O–H groups in total. The highest BCUT2D eigenvalue weighted by Gasteiger charge is 2.41. The van der Waals surface area contributed by atoms with Crippen LogP contribution in [0.15, 0.2) is 42.7 Å². The van der Waals surface area contributed by atoms with Crippen LogP contribution in [-0.4, -0.2) is 39.8 Å². The predicted molar refractivity (Wildman–Crippen MR) is 111 cm³/mol. The average molecular weight is 385 g/mol. The second-order valence-corrected chi connectivity index (χ2v) is 7.83. The second kappa shape index (κ2) is 8.40. The maximum atomic E-state index is 5.70. The third-order valence-electron chi connectivity index (χ3n) is 5.82. The largest absolute Gasteiger partial charge is 0.383 e. The van der Waals surface area contributed by atoms with E-state index in [0.717, 1.165) is 17.4 Å². The summed E-state index contributed by atoms with van der Waals surface area (Å²) in [7, 11) is 1.74. The summed E-state index contributed by atoms with van der Waals surface area (Å²) < 4.78 is 7.85. The Labute approximate surface area is 166 Å². The molecular formula is C21H28N4OS. The predicted octanol–water partition coefficient (Wildman–Crippen LogP) is 4.01. The lowest BCUT2D eigenvalue weighted by atomic mass is 9.94. The van der Waals surface area contributed by atoms with Crippen LogP contribution >= 0.6 is 12.2 Å². The summed E-state index contributed by atoms with van der Waals surface area (Å²) >= 11 is 5.70. The van der Waals surface area contributed by atoms with Gasteiger partial charge in [-0.15, -0.1) is 0 Å². The molecule has 5 nitrogen and oxygen atoms in total. The molecule has 1 aliphatic carbocycles. The Balaban J connectivity index is 1.71. The molecule has 2 aromatic heterocycles. The van der Waals surface area contributed by atoms with Gasteiger partial charge in [0.05, 0.1) is 24.4 Å². The standard InChI is InChI=1S/C21H28N4OS/c1-26-15-14-25-20(19(23-21(25)27)17-10-5-6-12-22-17)18-11-7-13-24(18)16-8-3-2-4-9-16/h5-7,10-13,16,19-20H,2-4,8-9,14-15H2,1H3,(H,23,27)/t19-,20-/m0/s1. The molecule has 4 rings (SSSR count). The minimum atomic E-state index is 0.0489. The summed E-state index contributed by atoms with van der Waals surface area (Å²) in [6.07, 6.45) is 10.6. The number of pyridine rings is 1. The van der Waals surface area contributed by atoms with Crippen LogP contribution in [0.4, 0.5) is 0 Å². The van der Waals surface area contributed by atoms with Gasteiger partial charge in [-0.3, -0.25) is 4.98 Å². The van der Waals surface area contributed by atoms with Crippen molar-refractivity contribution in [3.8, 4) is 0 Å². The zero-order valence-electron chi connectivity index (χ0n) is 15.9. The summed E-state index contributed by atoms with van der Waals surface area (Å²) in [6.45, 7) is 1.42. The average Bonchev–Trinajstić information content (AvgIpc) is 3.32. The number of hydrogen-bond acceptors (Lipinski definition) is 3. The topological polar surface area (TPSA) is 42.3 Å². The Morgan fingerprint density at radius 1 is 1.19 bits per heavy atom. The van der Waals surface area contributed by atoms with Crippen molar-refractivity contribution in [2.75, 3.05) is 20.3 Å². The summed E-state index contributed by atoms with van der Waals surface area (Å²) in [5.74, 6) is 0. The van der Waals surface area contributed by atoms with Crippen LogP contribution in [-0.2, 0) is 4.74 Å². The van der Waals surface area contributed by atoms with E-state index in [1.165, 1.54) is 37.8 Å². The van der Waals surface area contributed by atoms with Gasteiger partial charge in [-0.05, 0) is 49.3 Å². The van der Waals surface area contributed by atoms with Gasteiger partial charge in [0.2, 0.25) is 0 Å². The van der Waals surface area contributed by atoms with E-state index in [1.54, 1.807) is 7.11 Å². The van der Waals surface area contributed by atoms with Crippen LogP contribution in [0, 0.1) is 0 Å². The van der Waals surface area contributed by atoms with Crippen molar-refractivity contribution in [2.24, 2.45) is 0 Å². The van der Waals surface area contributed by atoms with Crippen molar-refractivity contribution in [3.63, 3.8) is 0 Å². The molecule has 0 aromatic carbocycles. The summed E-state index contributed by atoms with van der Waals surface area (Å²) in [5, 5.41) is 4.31. The van der Waals surface area contributed by atoms with Crippen molar-refractivity contribution in [2.45, 2.75) is 50.2 Å². The third-order valence-corrected chi connectivity index (χ3v) is 6.17. The van der Waals surface area contributed by atoms with E-state index in [1.807, 2.05) is 18.3 Å². The fraction of sp³-hybridized carbons (Fsp3) is 0.524. The summed E-state index contributed by atoms with van der Waals surface area (Å²) in [4.78, 5) is 6.89. The number of hydrogen-bond donors (Lipinski definition) is 1. The lowest BCUT2D eigenvalue weighted by molar-refractivity contribution is 0.161. The molecule has 0 amide bonds. The van der Waals surface area contributed by atoms with E-state index in [0.29, 0.717) is 12.6 Å². The smallest absolute Gasteiger partial charge is 0.170 e. The molecule has 3 heterocycles. The van der Waals surface area contributed by atoms with Crippen molar-refractivity contribution in [3.05, 3.63) is 54.1 Å². The van der Waals surface area contributed by atoms with Gasteiger partial charge >= 0.3 is 0 Å². The molecular weight excluding hydrogens is 356 g/mol. The highest BCUT2D eigenvalue weighted by Crippen LogP contribution is 2.41. The van der Waals surface area contributed by atoms with E-state index in [2.05, 4.69) is 44.2 Å². The zero-order valence-corrected chi connectivity index (χ0v) is 16.7. The van der Waals surface area contributed by atoms with Gasteiger partial charge in [-0.1, -0.05) is 25.3 Å². The number of rotatable bonds is 6. The molecule has 1 saturated heterocycles. The maximum absolute atomic E-state index is 5.70. The maximum Gasteiger partial charge on any atom is 0.170 e. The Hall–Kier alpha value is -1.92. The molecule has 1 saturated carbocycles. The number of thiocarbonyl (C=S) groups is 1. The second-order valence-electron chi connectivity index (χ2n) is 7.44. The van der Waals surface area contributed by atoms with Crippen LogP contribution in [0.2, 0.25) is 0 Å². The number of methoxy groups -OCH3 is 1. The fourth-order valence-corrected chi connectivity index (χ4v) is 4.84. The highest BCUT2D eigenvalue weighted by molar-refractivity contribution is 7.80. The summed E-state index contributed by atoms with van der Waals surface area (Å²) in [6, 6.07) is 11.3. The normalized spacial score (nSPS) is 23.6. The molecule has 27 heavy (non-hydrogen) atoms. The van der Waals surface area contributed by atoms with E-state index < -0.39 is 0 Å². The van der Waals surface area contributed by atoms with Crippen LogP contribution in [0.1, 0.15) is 61.6 Å². The van der Waals surface area contributed by atoms with Gasteiger partial charge in [0.15, 0.2) is 5.11 Å². The van der Waals surface area contributed by atoms with Gasteiger partial charge in [0.1, 0.15) is 0 Å². The highest BCUT2D eigenvalue weighted by atomic mass is 32.1. The Bertz CT molecular complexity index is 757. The minimum absolute atomic E-state index is 0.0489. The first-order chi connectivity index (χ1) is 13.3. The molecule has 2 aromatic rings. The van der Waals surface area contributed by atoms with Gasteiger partial charge < -0.3 is 19.5 Å². The lowest BCUT2D eigenvalue weighted by Crippen LogP contribution is -2.33. The SMILES string of the molecule is COCCN1C(=S)N[C@@H](c2ccccn2)[C@@H]1c1cccn1C1CCCCC1.